The van der Waals surface area contributed by atoms with Crippen LogP contribution in [0.5, 0.6) is 0 Å². The highest BCUT2D eigenvalue weighted by Gasteiger charge is 2.10. The fourth-order valence-corrected chi connectivity index (χ4v) is 2.70. The molecule has 126 valence electrons. The minimum Gasteiger partial charge on any atom is -0.337 e. The van der Waals surface area contributed by atoms with Gasteiger partial charge in [-0.05, 0) is 30.3 Å². The number of benzene rings is 2. The molecule has 0 atom stereocenters. The fourth-order valence-electron chi connectivity index (χ4n) is 2.70. The van der Waals surface area contributed by atoms with Crippen molar-refractivity contribution in [3.05, 3.63) is 60.3 Å². The number of hydrogen-bond acceptors (Lipinski definition) is 3. The molecule has 0 saturated carbocycles. The zero-order chi connectivity index (χ0) is 17.8. The molecule has 0 aliphatic carbocycles. The maximum atomic E-state index is 12.3. The Hall–Kier alpha value is -3.41. The van der Waals surface area contributed by atoms with Gasteiger partial charge in [-0.3, -0.25) is 14.4 Å². The van der Waals surface area contributed by atoms with Crippen LogP contribution in [-0.4, -0.2) is 22.7 Å². The Morgan fingerprint density at radius 2 is 1.64 bits per heavy atom. The third-order valence-electron chi connectivity index (χ3n) is 3.75. The predicted octanol–water partition coefficient (Wildman–Crippen LogP) is 3.05. The molecule has 0 fully saturated rings. The summed E-state index contributed by atoms with van der Waals surface area (Å²) >= 11 is 0. The molecule has 0 saturated heterocycles. The molecule has 1 heterocycles. The molecule has 6 nitrogen and oxygen atoms in total. The number of carbonyl (C=O) groups excluding carboxylic acids is 3. The zero-order valence-corrected chi connectivity index (χ0v) is 13.7. The minimum atomic E-state index is -0.203. The fraction of sp³-hybridized carbons (Fsp3) is 0.105. The third-order valence-corrected chi connectivity index (χ3v) is 3.75. The highest BCUT2D eigenvalue weighted by Crippen LogP contribution is 2.20. The summed E-state index contributed by atoms with van der Waals surface area (Å²) in [4.78, 5) is 34.5. The molecule has 0 aliphatic rings. The van der Waals surface area contributed by atoms with E-state index in [2.05, 4.69) is 10.6 Å². The van der Waals surface area contributed by atoms with E-state index in [0.29, 0.717) is 16.9 Å². The van der Waals surface area contributed by atoms with E-state index in [1.165, 1.54) is 6.92 Å². The summed E-state index contributed by atoms with van der Waals surface area (Å²) in [5.41, 5.74) is 2.69. The molecule has 3 rings (SSSR count). The molecular weight excluding hydrogens is 318 g/mol. The number of rotatable bonds is 5. The highest BCUT2D eigenvalue weighted by atomic mass is 16.2. The lowest BCUT2D eigenvalue weighted by Gasteiger charge is -2.08. The second kappa shape index (κ2) is 7.00. The summed E-state index contributed by atoms with van der Waals surface area (Å²) in [5.74, 6) is -0.354. The number of nitrogens with one attached hydrogen (secondary N) is 2. The molecule has 1 aromatic heterocycles. The Labute approximate surface area is 144 Å². The molecule has 0 aliphatic heterocycles. The highest BCUT2D eigenvalue weighted by molar-refractivity contribution is 5.99. The van der Waals surface area contributed by atoms with Crippen LogP contribution < -0.4 is 10.6 Å². The van der Waals surface area contributed by atoms with Gasteiger partial charge < -0.3 is 15.2 Å². The molecule has 25 heavy (non-hydrogen) atoms. The van der Waals surface area contributed by atoms with Gasteiger partial charge >= 0.3 is 0 Å². The first kappa shape index (κ1) is 16.4. The van der Waals surface area contributed by atoms with E-state index in [1.54, 1.807) is 35.0 Å². The first-order valence-corrected chi connectivity index (χ1v) is 7.77. The van der Waals surface area contributed by atoms with Crippen LogP contribution in [-0.2, 0) is 16.1 Å². The molecule has 0 radical (unpaired) electrons. The number of aldehydes is 1. The van der Waals surface area contributed by atoms with Gasteiger partial charge in [0.15, 0.2) is 6.29 Å². The molecule has 0 unspecified atom stereocenters. The Bertz CT molecular complexity index is 942. The first-order chi connectivity index (χ1) is 12.1. The van der Waals surface area contributed by atoms with E-state index in [9.17, 15) is 14.4 Å². The summed E-state index contributed by atoms with van der Waals surface area (Å²) in [6.07, 6.45) is 2.47. The minimum absolute atomic E-state index is 0.0990. The van der Waals surface area contributed by atoms with Crippen LogP contribution in [0, 0.1) is 0 Å². The van der Waals surface area contributed by atoms with Crippen molar-refractivity contribution < 1.29 is 14.4 Å². The van der Waals surface area contributed by atoms with Gasteiger partial charge in [-0.15, -0.1) is 0 Å². The monoisotopic (exact) mass is 335 g/mol. The first-order valence-electron chi connectivity index (χ1n) is 7.77. The summed E-state index contributed by atoms with van der Waals surface area (Å²) in [5, 5.41) is 6.29. The van der Waals surface area contributed by atoms with Crippen LogP contribution in [0.3, 0.4) is 0 Å². The third kappa shape index (κ3) is 3.74. The van der Waals surface area contributed by atoms with Crippen LogP contribution in [0.1, 0.15) is 17.3 Å². The average Bonchev–Trinajstić information content (AvgIpc) is 2.94. The van der Waals surface area contributed by atoms with E-state index in [4.69, 9.17) is 0 Å². The van der Waals surface area contributed by atoms with Crippen molar-refractivity contribution >= 4 is 40.4 Å². The molecule has 0 bridgehead atoms. The molecule has 2 N–H and O–H groups in total. The number of para-hydroxylation sites is 1. The summed E-state index contributed by atoms with van der Waals surface area (Å²) < 4.78 is 1.75. The van der Waals surface area contributed by atoms with Gasteiger partial charge in [0, 0.05) is 41.0 Å². The molecule has 2 aromatic carbocycles. The van der Waals surface area contributed by atoms with Crippen molar-refractivity contribution in [2.75, 3.05) is 10.6 Å². The van der Waals surface area contributed by atoms with Crippen molar-refractivity contribution in [2.24, 2.45) is 0 Å². The predicted molar refractivity (Wildman–Crippen MR) is 96.7 cm³/mol. The molecular formula is C19H17N3O3. The Balaban J connectivity index is 1.73. The van der Waals surface area contributed by atoms with Gasteiger partial charge in [-0.2, -0.15) is 0 Å². The van der Waals surface area contributed by atoms with Crippen molar-refractivity contribution in [2.45, 2.75) is 13.5 Å². The quantitative estimate of drug-likeness (QED) is 0.703. The Morgan fingerprint density at radius 1 is 1.00 bits per heavy atom. The molecule has 6 heteroatoms. The van der Waals surface area contributed by atoms with Gasteiger partial charge in [0.05, 0.1) is 0 Å². The van der Waals surface area contributed by atoms with E-state index in [1.807, 2.05) is 24.3 Å². The van der Waals surface area contributed by atoms with Gasteiger partial charge in [0.2, 0.25) is 11.8 Å². The average molecular weight is 335 g/mol. The second-order valence-corrected chi connectivity index (χ2v) is 5.65. The number of amides is 2. The topological polar surface area (TPSA) is 80.2 Å². The van der Waals surface area contributed by atoms with Gasteiger partial charge in [-0.1, -0.05) is 18.2 Å². The van der Waals surface area contributed by atoms with Gasteiger partial charge in [0.25, 0.3) is 0 Å². The normalized spacial score (nSPS) is 10.4. The van der Waals surface area contributed by atoms with Crippen LogP contribution in [0.4, 0.5) is 11.4 Å². The lowest BCUT2D eigenvalue weighted by atomic mass is 10.2. The summed E-state index contributed by atoms with van der Waals surface area (Å²) in [6.45, 7) is 1.53. The lowest BCUT2D eigenvalue weighted by molar-refractivity contribution is -0.116. The molecule has 3 aromatic rings. The van der Waals surface area contributed by atoms with E-state index >= 15 is 0 Å². The standard InChI is InChI=1S/C19H17N3O3/c1-13(24)20-15-6-8-16(9-7-15)21-19(25)11-22-10-14(12-23)17-4-2-3-5-18(17)22/h2-10,12H,11H2,1H3,(H,20,24)(H,21,25). The Morgan fingerprint density at radius 3 is 2.28 bits per heavy atom. The largest absolute Gasteiger partial charge is 0.337 e. The maximum Gasteiger partial charge on any atom is 0.244 e. The van der Waals surface area contributed by atoms with Crippen LogP contribution in [0.15, 0.2) is 54.7 Å². The number of nitrogens with zero attached hydrogens (tertiary/aromatic N) is 1. The maximum absolute atomic E-state index is 12.3. The van der Waals surface area contributed by atoms with Gasteiger partial charge in [0.1, 0.15) is 6.54 Å². The zero-order valence-electron chi connectivity index (χ0n) is 13.7. The smallest absolute Gasteiger partial charge is 0.244 e. The summed E-state index contributed by atoms with van der Waals surface area (Å²) in [7, 11) is 0. The van der Waals surface area contributed by atoms with Crippen LogP contribution in [0.25, 0.3) is 10.9 Å². The van der Waals surface area contributed by atoms with E-state index in [0.717, 1.165) is 17.2 Å². The van der Waals surface area contributed by atoms with Crippen LogP contribution >= 0.6 is 0 Å². The number of carbonyl (C=O) groups is 3. The van der Waals surface area contributed by atoms with Crippen molar-refractivity contribution in [1.82, 2.24) is 4.57 Å². The van der Waals surface area contributed by atoms with Crippen molar-refractivity contribution in [3.8, 4) is 0 Å². The van der Waals surface area contributed by atoms with Crippen molar-refractivity contribution in [3.63, 3.8) is 0 Å². The van der Waals surface area contributed by atoms with Gasteiger partial charge in [-0.25, -0.2) is 0 Å². The number of fused-ring (bicyclic) bond motifs is 1. The van der Waals surface area contributed by atoms with E-state index < -0.39 is 0 Å². The number of hydrogen-bond donors (Lipinski definition) is 2. The SMILES string of the molecule is CC(=O)Nc1ccc(NC(=O)Cn2cc(C=O)c3ccccc32)cc1. The summed E-state index contributed by atoms with van der Waals surface area (Å²) in [6, 6.07) is 14.3. The lowest BCUT2D eigenvalue weighted by Crippen LogP contribution is -2.18. The van der Waals surface area contributed by atoms with Crippen LogP contribution in [0.2, 0.25) is 0 Å². The van der Waals surface area contributed by atoms with Crippen molar-refractivity contribution in [1.29, 1.82) is 0 Å². The molecule has 0 spiro atoms. The van der Waals surface area contributed by atoms with E-state index in [-0.39, 0.29) is 18.4 Å². The second-order valence-electron chi connectivity index (χ2n) is 5.65. The number of anilines is 2. The molecule has 2 amide bonds. The number of aromatic nitrogens is 1. The Kier molecular flexibility index (Phi) is 4.61.